The summed E-state index contributed by atoms with van der Waals surface area (Å²) in [5, 5.41) is 6.81. The van der Waals surface area contributed by atoms with Crippen molar-refractivity contribution in [2.24, 2.45) is 4.99 Å². The number of nitrogens with one attached hydrogen (secondary N) is 2. The van der Waals surface area contributed by atoms with E-state index in [0.29, 0.717) is 18.4 Å². The monoisotopic (exact) mass is 399 g/mol. The number of aryl methyl sites for hydroxylation is 1. The van der Waals surface area contributed by atoms with Crippen molar-refractivity contribution in [3.8, 4) is 0 Å². The van der Waals surface area contributed by atoms with Crippen LogP contribution in [0.5, 0.6) is 0 Å². The molecule has 1 aromatic rings. The van der Waals surface area contributed by atoms with Crippen molar-refractivity contribution in [2.45, 2.75) is 52.0 Å². The lowest BCUT2D eigenvalue weighted by Gasteiger charge is -2.27. The Morgan fingerprint density at radius 2 is 1.86 bits per heavy atom. The van der Waals surface area contributed by atoms with Gasteiger partial charge in [0.05, 0.1) is 12.6 Å². The molecule has 0 aliphatic carbocycles. The van der Waals surface area contributed by atoms with E-state index in [0.717, 1.165) is 64.6 Å². The largest absolute Gasteiger partial charge is 0.357 e. The second-order valence-electron chi connectivity index (χ2n) is 8.15. The smallest absolute Gasteiger partial charge is 0.222 e. The van der Waals surface area contributed by atoms with Crippen LogP contribution in [0.15, 0.2) is 29.3 Å². The highest BCUT2D eigenvalue weighted by Gasteiger charge is 2.23. The van der Waals surface area contributed by atoms with E-state index in [1.54, 1.807) is 0 Å². The number of nitrogens with zero attached hydrogens (tertiary/aromatic N) is 3. The Balaban J connectivity index is 1.56. The number of amides is 1. The molecule has 6 nitrogen and oxygen atoms in total. The standard InChI is InChI=1S/C23H37N5O/c1-3-24-23(25-13-7-17-28-16-6-8-22(28)29)26-18-21(27-14-4-5-15-27)20-11-9-19(2)10-12-20/h9-12,21H,3-8,13-18H2,1-2H3,(H2,24,25,26). The number of carbonyl (C=O) groups is 1. The number of benzene rings is 1. The van der Waals surface area contributed by atoms with Gasteiger partial charge in [0.15, 0.2) is 5.96 Å². The highest BCUT2D eigenvalue weighted by molar-refractivity contribution is 5.80. The molecule has 0 saturated carbocycles. The number of rotatable bonds is 9. The van der Waals surface area contributed by atoms with Crippen LogP contribution in [-0.2, 0) is 4.79 Å². The zero-order valence-electron chi connectivity index (χ0n) is 18.1. The maximum Gasteiger partial charge on any atom is 0.222 e. The third-order valence-electron chi connectivity index (χ3n) is 5.88. The van der Waals surface area contributed by atoms with Crippen molar-refractivity contribution in [1.29, 1.82) is 0 Å². The number of aliphatic imine (C=N–C) groups is 1. The average Bonchev–Trinajstić information content (AvgIpc) is 3.39. The molecule has 1 aromatic carbocycles. The van der Waals surface area contributed by atoms with Crippen LogP contribution in [0.4, 0.5) is 0 Å². The van der Waals surface area contributed by atoms with E-state index in [1.807, 2.05) is 4.90 Å². The summed E-state index contributed by atoms with van der Waals surface area (Å²) in [5.41, 5.74) is 2.65. The number of guanidine groups is 1. The lowest BCUT2D eigenvalue weighted by Crippen LogP contribution is -2.39. The lowest BCUT2D eigenvalue weighted by atomic mass is 10.0. The molecule has 1 atom stereocenters. The summed E-state index contributed by atoms with van der Waals surface area (Å²) >= 11 is 0. The van der Waals surface area contributed by atoms with Crippen molar-refractivity contribution in [3.05, 3.63) is 35.4 Å². The molecule has 6 heteroatoms. The fourth-order valence-corrected chi connectivity index (χ4v) is 4.21. The van der Waals surface area contributed by atoms with Gasteiger partial charge >= 0.3 is 0 Å². The fraction of sp³-hybridized carbons (Fsp3) is 0.652. The van der Waals surface area contributed by atoms with Crippen LogP contribution >= 0.6 is 0 Å². The Morgan fingerprint density at radius 1 is 1.10 bits per heavy atom. The van der Waals surface area contributed by atoms with Gasteiger partial charge in [-0.2, -0.15) is 0 Å². The van der Waals surface area contributed by atoms with Gasteiger partial charge in [-0.15, -0.1) is 0 Å². The fourth-order valence-electron chi connectivity index (χ4n) is 4.21. The van der Waals surface area contributed by atoms with E-state index < -0.39 is 0 Å². The quantitative estimate of drug-likeness (QED) is 0.381. The van der Waals surface area contributed by atoms with Crippen LogP contribution in [0, 0.1) is 6.92 Å². The predicted molar refractivity (Wildman–Crippen MR) is 119 cm³/mol. The van der Waals surface area contributed by atoms with Crippen molar-refractivity contribution >= 4 is 11.9 Å². The molecule has 0 radical (unpaired) electrons. The van der Waals surface area contributed by atoms with Gasteiger partial charge in [0.2, 0.25) is 5.91 Å². The van der Waals surface area contributed by atoms with Gasteiger partial charge in [-0.3, -0.25) is 14.7 Å². The molecule has 0 aromatic heterocycles. The van der Waals surface area contributed by atoms with E-state index in [9.17, 15) is 4.79 Å². The molecule has 2 aliphatic rings. The first-order valence-corrected chi connectivity index (χ1v) is 11.3. The Morgan fingerprint density at radius 3 is 2.52 bits per heavy atom. The number of likely N-dealkylation sites (tertiary alicyclic amines) is 2. The van der Waals surface area contributed by atoms with E-state index in [-0.39, 0.29) is 0 Å². The molecule has 2 saturated heterocycles. The topological polar surface area (TPSA) is 60.0 Å². The number of carbonyl (C=O) groups excluding carboxylic acids is 1. The zero-order valence-corrected chi connectivity index (χ0v) is 18.1. The molecule has 3 rings (SSSR count). The van der Waals surface area contributed by atoms with Crippen LogP contribution < -0.4 is 10.6 Å². The Labute approximate surface area is 175 Å². The minimum atomic E-state index is 0.303. The molecule has 2 heterocycles. The average molecular weight is 400 g/mol. The molecule has 2 fully saturated rings. The first-order chi connectivity index (χ1) is 14.2. The molecule has 2 N–H and O–H groups in total. The molecule has 1 amide bonds. The number of hydrogen-bond donors (Lipinski definition) is 2. The van der Waals surface area contributed by atoms with Crippen LogP contribution in [-0.4, -0.2) is 67.5 Å². The molecule has 29 heavy (non-hydrogen) atoms. The second-order valence-corrected chi connectivity index (χ2v) is 8.15. The predicted octanol–water partition coefficient (Wildman–Crippen LogP) is 2.70. The normalized spacial score (nSPS) is 19.0. The number of hydrogen-bond acceptors (Lipinski definition) is 3. The highest BCUT2D eigenvalue weighted by atomic mass is 16.2. The Kier molecular flexibility index (Phi) is 8.35. The highest BCUT2D eigenvalue weighted by Crippen LogP contribution is 2.25. The summed E-state index contributed by atoms with van der Waals surface area (Å²) in [6.07, 6.45) is 5.23. The lowest BCUT2D eigenvalue weighted by molar-refractivity contribution is -0.127. The van der Waals surface area contributed by atoms with Gasteiger partial charge in [0.25, 0.3) is 0 Å². The summed E-state index contributed by atoms with van der Waals surface area (Å²) in [7, 11) is 0. The molecular weight excluding hydrogens is 362 g/mol. The minimum absolute atomic E-state index is 0.303. The SMILES string of the molecule is CCNC(=NCC(c1ccc(C)cc1)N1CCCC1)NCCCN1CCCC1=O. The molecular formula is C23H37N5O. The molecule has 2 aliphatic heterocycles. The maximum atomic E-state index is 11.7. The molecule has 160 valence electrons. The molecule has 1 unspecified atom stereocenters. The Hall–Kier alpha value is -2.08. The van der Waals surface area contributed by atoms with Crippen LogP contribution in [0.2, 0.25) is 0 Å². The van der Waals surface area contributed by atoms with Gasteiger partial charge in [-0.1, -0.05) is 29.8 Å². The van der Waals surface area contributed by atoms with Gasteiger partial charge in [-0.05, 0) is 58.2 Å². The summed E-state index contributed by atoms with van der Waals surface area (Å²) in [5.74, 6) is 1.17. The zero-order chi connectivity index (χ0) is 20.5. The van der Waals surface area contributed by atoms with Crippen LogP contribution in [0.1, 0.15) is 56.2 Å². The molecule has 0 bridgehead atoms. The van der Waals surface area contributed by atoms with Gasteiger partial charge in [0.1, 0.15) is 0 Å². The van der Waals surface area contributed by atoms with E-state index in [2.05, 4.69) is 53.6 Å². The van der Waals surface area contributed by atoms with Crippen LogP contribution in [0.25, 0.3) is 0 Å². The maximum absolute atomic E-state index is 11.7. The van der Waals surface area contributed by atoms with E-state index in [1.165, 1.54) is 24.0 Å². The summed E-state index contributed by atoms with van der Waals surface area (Å²) in [4.78, 5) is 21.2. The van der Waals surface area contributed by atoms with Gasteiger partial charge in [0, 0.05) is 32.6 Å². The van der Waals surface area contributed by atoms with Crippen molar-refractivity contribution < 1.29 is 4.79 Å². The first-order valence-electron chi connectivity index (χ1n) is 11.3. The second kappa shape index (κ2) is 11.2. The summed E-state index contributed by atoms with van der Waals surface area (Å²) in [6, 6.07) is 9.23. The van der Waals surface area contributed by atoms with Gasteiger partial charge in [-0.25, -0.2) is 0 Å². The van der Waals surface area contributed by atoms with E-state index >= 15 is 0 Å². The third-order valence-corrected chi connectivity index (χ3v) is 5.88. The third kappa shape index (κ3) is 6.46. The first kappa shape index (κ1) is 21.6. The Bertz CT molecular complexity index is 666. The van der Waals surface area contributed by atoms with Crippen LogP contribution in [0.3, 0.4) is 0 Å². The minimum Gasteiger partial charge on any atom is -0.357 e. The van der Waals surface area contributed by atoms with E-state index in [4.69, 9.17) is 4.99 Å². The van der Waals surface area contributed by atoms with Crippen molar-refractivity contribution in [2.75, 3.05) is 45.8 Å². The van der Waals surface area contributed by atoms with Gasteiger partial charge < -0.3 is 15.5 Å². The van der Waals surface area contributed by atoms with Crippen molar-refractivity contribution in [3.63, 3.8) is 0 Å². The molecule has 0 spiro atoms. The van der Waals surface area contributed by atoms with Crippen molar-refractivity contribution in [1.82, 2.24) is 20.4 Å². The summed E-state index contributed by atoms with van der Waals surface area (Å²) < 4.78 is 0. The summed E-state index contributed by atoms with van der Waals surface area (Å²) in [6.45, 7) is 10.7.